The van der Waals surface area contributed by atoms with E-state index in [1.807, 2.05) is 0 Å². The number of aromatic amines is 1. The Balaban J connectivity index is 1.60. The molecule has 0 aliphatic carbocycles. The number of anilines is 1. The van der Waals surface area contributed by atoms with Crippen LogP contribution in [0.4, 0.5) is 5.82 Å². The molecule has 11 heteroatoms. The normalized spacial score (nSPS) is 16.3. The van der Waals surface area contributed by atoms with E-state index in [2.05, 4.69) is 33.7 Å². The Hall–Kier alpha value is -1.82. The molecule has 1 N–H and O–H groups in total. The maximum Gasteiger partial charge on any atom is 0.305 e. The van der Waals surface area contributed by atoms with Gasteiger partial charge in [0.05, 0.1) is 5.39 Å². The average Bonchev–Trinajstić information content (AvgIpc) is 3.14. The van der Waals surface area contributed by atoms with Crippen molar-refractivity contribution in [1.29, 1.82) is 0 Å². The molecule has 27 heavy (non-hydrogen) atoms. The van der Waals surface area contributed by atoms with Crippen LogP contribution in [0.25, 0.3) is 10.2 Å². The van der Waals surface area contributed by atoms with Crippen LogP contribution < -0.4 is 9.77 Å². The minimum absolute atomic E-state index is 0.106. The summed E-state index contributed by atoms with van der Waals surface area (Å²) in [6, 6.07) is 0. The van der Waals surface area contributed by atoms with Crippen LogP contribution in [0, 0.1) is 20.8 Å². The Kier molecular flexibility index (Phi) is 4.57. The largest absolute Gasteiger partial charge is 0.353 e. The minimum atomic E-state index is -3.66. The highest BCUT2D eigenvalue weighted by Crippen LogP contribution is 2.34. The number of aromatic nitrogens is 3. The third-order valence-corrected chi connectivity index (χ3v) is 9.43. The number of thiazole rings is 1. The van der Waals surface area contributed by atoms with E-state index >= 15 is 0 Å². The molecule has 0 spiro atoms. The number of rotatable bonds is 3. The van der Waals surface area contributed by atoms with Crippen LogP contribution in [0.3, 0.4) is 0 Å². The lowest BCUT2D eigenvalue weighted by Gasteiger charge is -2.34. The standard InChI is InChI=1S/C16H19N5O3S3/c1-9-11(3)25-14-12(9)13(17-8-18-14)20-4-6-21(7-5-20)27(23,24)15-10(2)19-16(22)26-15/h8H,4-7H2,1-3H3,(H,19,22). The molecule has 0 unspecified atom stereocenters. The molecule has 4 heterocycles. The van der Waals surface area contributed by atoms with E-state index in [1.54, 1.807) is 24.6 Å². The van der Waals surface area contributed by atoms with Crippen molar-refractivity contribution in [2.24, 2.45) is 0 Å². The van der Waals surface area contributed by atoms with Gasteiger partial charge in [0.1, 0.15) is 17.0 Å². The van der Waals surface area contributed by atoms with Gasteiger partial charge in [0, 0.05) is 36.8 Å². The summed E-state index contributed by atoms with van der Waals surface area (Å²) in [6.45, 7) is 7.53. The van der Waals surface area contributed by atoms with Crippen LogP contribution in [-0.4, -0.2) is 53.9 Å². The second-order valence-electron chi connectivity index (χ2n) is 6.48. The van der Waals surface area contributed by atoms with Gasteiger partial charge in [-0.25, -0.2) is 18.4 Å². The van der Waals surface area contributed by atoms with E-state index < -0.39 is 10.0 Å². The minimum Gasteiger partial charge on any atom is -0.353 e. The van der Waals surface area contributed by atoms with Gasteiger partial charge in [-0.1, -0.05) is 11.3 Å². The zero-order valence-corrected chi connectivity index (χ0v) is 17.6. The van der Waals surface area contributed by atoms with E-state index in [1.165, 1.54) is 14.7 Å². The fraction of sp³-hybridized carbons (Fsp3) is 0.438. The monoisotopic (exact) mass is 425 g/mol. The van der Waals surface area contributed by atoms with Gasteiger partial charge < -0.3 is 9.88 Å². The Morgan fingerprint density at radius 1 is 1.07 bits per heavy atom. The van der Waals surface area contributed by atoms with E-state index in [4.69, 9.17) is 0 Å². The van der Waals surface area contributed by atoms with Crippen LogP contribution >= 0.6 is 22.7 Å². The molecule has 0 bridgehead atoms. The molecular formula is C16H19N5O3S3. The molecule has 0 saturated carbocycles. The van der Waals surface area contributed by atoms with Crippen molar-refractivity contribution in [2.75, 3.05) is 31.1 Å². The van der Waals surface area contributed by atoms with Gasteiger partial charge in [-0.05, 0) is 26.3 Å². The average molecular weight is 426 g/mol. The first kappa shape index (κ1) is 18.5. The number of hydrogen-bond donors (Lipinski definition) is 1. The van der Waals surface area contributed by atoms with Gasteiger partial charge in [0.25, 0.3) is 10.0 Å². The third kappa shape index (κ3) is 3.08. The van der Waals surface area contributed by atoms with E-state index in [9.17, 15) is 13.2 Å². The van der Waals surface area contributed by atoms with Crippen LogP contribution in [0.1, 0.15) is 16.1 Å². The molecule has 1 aliphatic heterocycles. The molecular weight excluding hydrogens is 406 g/mol. The number of hydrogen-bond acceptors (Lipinski definition) is 8. The number of nitrogens with zero attached hydrogens (tertiary/aromatic N) is 4. The smallest absolute Gasteiger partial charge is 0.305 e. The van der Waals surface area contributed by atoms with Crippen molar-refractivity contribution < 1.29 is 8.42 Å². The number of piperazine rings is 1. The van der Waals surface area contributed by atoms with Crippen molar-refractivity contribution in [3.8, 4) is 0 Å². The number of nitrogens with one attached hydrogen (secondary N) is 1. The number of H-pyrrole nitrogens is 1. The van der Waals surface area contributed by atoms with Gasteiger partial charge in [-0.2, -0.15) is 4.31 Å². The third-order valence-electron chi connectivity index (χ3n) is 4.84. The van der Waals surface area contributed by atoms with Gasteiger partial charge in [-0.15, -0.1) is 11.3 Å². The first-order valence-electron chi connectivity index (χ1n) is 8.44. The molecule has 3 aromatic heterocycles. The Morgan fingerprint density at radius 2 is 1.78 bits per heavy atom. The van der Waals surface area contributed by atoms with E-state index in [0.29, 0.717) is 31.9 Å². The van der Waals surface area contributed by atoms with Crippen molar-refractivity contribution >= 4 is 48.7 Å². The highest BCUT2D eigenvalue weighted by atomic mass is 32.2. The molecule has 3 aromatic rings. The van der Waals surface area contributed by atoms with Crippen molar-refractivity contribution in [3.05, 3.63) is 32.1 Å². The quantitative estimate of drug-likeness (QED) is 0.688. The zero-order chi connectivity index (χ0) is 19.3. The lowest BCUT2D eigenvalue weighted by molar-refractivity contribution is 0.385. The fourth-order valence-corrected chi connectivity index (χ4v) is 7.15. The second-order valence-corrected chi connectivity index (χ2v) is 10.8. The highest BCUT2D eigenvalue weighted by molar-refractivity contribution is 7.91. The van der Waals surface area contributed by atoms with Crippen LogP contribution in [-0.2, 0) is 10.0 Å². The van der Waals surface area contributed by atoms with Crippen molar-refractivity contribution in [3.63, 3.8) is 0 Å². The molecule has 0 aromatic carbocycles. The number of thiophene rings is 1. The van der Waals surface area contributed by atoms with Crippen molar-refractivity contribution in [1.82, 2.24) is 19.3 Å². The van der Waals surface area contributed by atoms with Gasteiger partial charge in [0.15, 0.2) is 4.21 Å². The maximum atomic E-state index is 12.9. The summed E-state index contributed by atoms with van der Waals surface area (Å²) in [5, 5.41) is 1.05. The lowest BCUT2D eigenvalue weighted by atomic mass is 10.2. The summed E-state index contributed by atoms with van der Waals surface area (Å²) >= 11 is 2.39. The van der Waals surface area contributed by atoms with Gasteiger partial charge in [-0.3, -0.25) is 4.79 Å². The molecule has 1 fully saturated rings. The molecule has 4 rings (SSSR count). The molecule has 0 radical (unpaired) electrons. The molecule has 1 aliphatic rings. The highest BCUT2D eigenvalue weighted by Gasteiger charge is 2.32. The summed E-state index contributed by atoms with van der Waals surface area (Å²) in [4.78, 5) is 26.8. The Morgan fingerprint density at radius 3 is 2.41 bits per heavy atom. The van der Waals surface area contributed by atoms with Gasteiger partial charge in [0.2, 0.25) is 0 Å². The summed E-state index contributed by atoms with van der Waals surface area (Å²) in [6.07, 6.45) is 1.57. The predicted molar refractivity (Wildman–Crippen MR) is 108 cm³/mol. The SMILES string of the molecule is Cc1[nH]c(=O)sc1S(=O)(=O)N1CCN(c2ncnc3sc(C)c(C)c23)CC1. The Bertz CT molecular complexity index is 1170. The van der Waals surface area contributed by atoms with Crippen LogP contribution in [0.15, 0.2) is 15.3 Å². The number of aryl methyl sites for hydroxylation is 3. The first-order valence-corrected chi connectivity index (χ1v) is 11.5. The molecule has 144 valence electrons. The first-order chi connectivity index (χ1) is 12.8. The van der Waals surface area contributed by atoms with E-state index in [-0.39, 0.29) is 9.08 Å². The molecule has 0 atom stereocenters. The molecule has 8 nitrogen and oxygen atoms in total. The van der Waals surface area contributed by atoms with Crippen LogP contribution in [0.5, 0.6) is 0 Å². The summed E-state index contributed by atoms with van der Waals surface area (Å²) in [5.74, 6) is 0.862. The van der Waals surface area contributed by atoms with Gasteiger partial charge >= 0.3 is 4.87 Å². The van der Waals surface area contributed by atoms with Crippen LogP contribution in [0.2, 0.25) is 0 Å². The zero-order valence-electron chi connectivity index (χ0n) is 15.1. The fourth-order valence-electron chi connectivity index (χ4n) is 3.30. The number of fused-ring (bicyclic) bond motifs is 1. The summed E-state index contributed by atoms with van der Waals surface area (Å²) in [5.41, 5.74) is 1.57. The Labute approximate surface area is 164 Å². The second kappa shape index (κ2) is 6.66. The summed E-state index contributed by atoms with van der Waals surface area (Å²) < 4.78 is 27.3. The summed E-state index contributed by atoms with van der Waals surface area (Å²) in [7, 11) is -3.66. The lowest BCUT2D eigenvalue weighted by Crippen LogP contribution is -2.49. The van der Waals surface area contributed by atoms with E-state index in [0.717, 1.165) is 27.4 Å². The molecule has 0 amide bonds. The topological polar surface area (TPSA) is 99.3 Å². The predicted octanol–water partition coefficient (Wildman–Crippen LogP) is 1.88. The molecule has 1 saturated heterocycles. The number of sulfonamides is 1. The van der Waals surface area contributed by atoms with Crippen molar-refractivity contribution in [2.45, 2.75) is 25.0 Å². The maximum absolute atomic E-state index is 12.9.